The van der Waals surface area contributed by atoms with Gasteiger partial charge in [0.1, 0.15) is 5.54 Å². The Balaban J connectivity index is 1.78. The van der Waals surface area contributed by atoms with Crippen molar-refractivity contribution >= 4 is 5.97 Å². The van der Waals surface area contributed by atoms with Crippen LogP contribution in [0.25, 0.3) is 0 Å². The summed E-state index contributed by atoms with van der Waals surface area (Å²) in [6.45, 7) is 6.66. The van der Waals surface area contributed by atoms with E-state index >= 15 is 0 Å². The molecule has 3 unspecified atom stereocenters. The zero-order chi connectivity index (χ0) is 15.0. The lowest BCUT2D eigenvalue weighted by Gasteiger charge is -2.43. The number of nitrogens with one attached hydrogen (secondary N) is 1. The molecule has 2 saturated carbocycles. The van der Waals surface area contributed by atoms with Gasteiger partial charge in [-0.1, -0.05) is 0 Å². The Bertz CT molecular complexity index is 395. The fourth-order valence-corrected chi connectivity index (χ4v) is 3.45. The van der Waals surface area contributed by atoms with E-state index in [1.165, 1.54) is 20.0 Å². The number of esters is 1. The molecule has 5 heteroatoms. The summed E-state index contributed by atoms with van der Waals surface area (Å²) in [6, 6.07) is 0.850. The van der Waals surface area contributed by atoms with Gasteiger partial charge in [-0.15, -0.1) is 0 Å². The molecule has 1 N–H and O–H groups in total. The zero-order valence-electron chi connectivity index (χ0n) is 13.4. The summed E-state index contributed by atoms with van der Waals surface area (Å²) in [4.78, 5) is 15.0. The number of ether oxygens (including phenoxy) is 2. The number of hydrogen-bond donors (Lipinski definition) is 1. The molecule has 0 aromatic heterocycles. The Morgan fingerprint density at radius 2 is 2.05 bits per heavy atom. The van der Waals surface area contributed by atoms with Crippen LogP contribution in [0.3, 0.4) is 0 Å². The van der Waals surface area contributed by atoms with Gasteiger partial charge >= 0.3 is 5.97 Å². The highest BCUT2D eigenvalue weighted by molar-refractivity contribution is 5.82. The Labute approximate surface area is 127 Å². The highest BCUT2D eigenvalue weighted by Gasteiger charge is 2.55. The molecule has 120 valence electrons. The lowest BCUT2D eigenvalue weighted by Crippen LogP contribution is -2.64. The maximum atomic E-state index is 12.6. The minimum atomic E-state index is -0.513. The van der Waals surface area contributed by atoms with Crippen LogP contribution >= 0.6 is 0 Å². The molecule has 21 heavy (non-hydrogen) atoms. The third kappa shape index (κ3) is 3.25. The van der Waals surface area contributed by atoms with E-state index in [2.05, 4.69) is 24.1 Å². The predicted molar refractivity (Wildman–Crippen MR) is 80.1 cm³/mol. The Morgan fingerprint density at radius 1 is 1.33 bits per heavy atom. The number of morpholine rings is 1. The van der Waals surface area contributed by atoms with Gasteiger partial charge in [-0.05, 0) is 45.4 Å². The maximum Gasteiger partial charge on any atom is 0.327 e. The molecule has 1 heterocycles. The predicted octanol–water partition coefficient (Wildman–Crippen LogP) is 1.17. The van der Waals surface area contributed by atoms with Crippen LogP contribution in [0.1, 0.15) is 39.5 Å². The monoisotopic (exact) mass is 296 g/mol. The van der Waals surface area contributed by atoms with Gasteiger partial charge in [0.15, 0.2) is 0 Å². The number of carbonyl (C=O) groups excluding carboxylic acids is 1. The minimum Gasteiger partial charge on any atom is -0.468 e. The topological polar surface area (TPSA) is 50.8 Å². The molecule has 2 aliphatic carbocycles. The molecule has 1 aliphatic heterocycles. The van der Waals surface area contributed by atoms with Crippen LogP contribution < -0.4 is 5.32 Å². The highest BCUT2D eigenvalue weighted by atomic mass is 16.5. The molecule has 1 saturated heterocycles. The van der Waals surface area contributed by atoms with E-state index in [1.807, 2.05) is 0 Å². The van der Waals surface area contributed by atoms with Gasteiger partial charge < -0.3 is 9.47 Å². The van der Waals surface area contributed by atoms with Crippen molar-refractivity contribution in [2.24, 2.45) is 5.92 Å². The summed E-state index contributed by atoms with van der Waals surface area (Å²) in [5.74, 6) is 0.346. The van der Waals surface area contributed by atoms with Crippen LogP contribution in [0, 0.1) is 5.92 Å². The second kappa shape index (κ2) is 5.86. The van der Waals surface area contributed by atoms with Gasteiger partial charge in [0.2, 0.25) is 0 Å². The zero-order valence-corrected chi connectivity index (χ0v) is 13.4. The summed E-state index contributed by atoms with van der Waals surface area (Å²) in [7, 11) is 1.51. The molecular weight excluding hydrogens is 268 g/mol. The quantitative estimate of drug-likeness (QED) is 0.746. The van der Waals surface area contributed by atoms with E-state index in [9.17, 15) is 4.79 Å². The third-order valence-corrected chi connectivity index (χ3v) is 5.05. The van der Waals surface area contributed by atoms with E-state index in [4.69, 9.17) is 9.47 Å². The van der Waals surface area contributed by atoms with Crippen LogP contribution in [0.5, 0.6) is 0 Å². The van der Waals surface area contributed by atoms with E-state index in [0.717, 1.165) is 32.5 Å². The van der Waals surface area contributed by atoms with Crippen LogP contribution in [0.15, 0.2) is 0 Å². The molecule has 0 amide bonds. The average molecular weight is 296 g/mol. The number of hydrogen-bond acceptors (Lipinski definition) is 5. The van der Waals surface area contributed by atoms with E-state index in [1.54, 1.807) is 0 Å². The van der Waals surface area contributed by atoms with Crippen molar-refractivity contribution in [1.82, 2.24) is 10.2 Å². The van der Waals surface area contributed by atoms with E-state index < -0.39 is 5.54 Å². The first-order valence-electron chi connectivity index (χ1n) is 8.27. The number of rotatable bonds is 6. The van der Waals surface area contributed by atoms with Crippen molar-refractivity contribution in [3.8, 4) is 0 Å². The van der Waals surface area contributed by atoms with Crippen LogP contribution in [0.2, 0.25) is 0 Å². The van der Waals surface area contributed by atoms with Crippen LogP contribution in [0.4, 0.5) is 0 Å². The lowest BCUT2D eigenvalue weighted by atomic mass is 9.91. The van der Waals surface area contributed by atoms with Gasteiger partial charge in [0.25, 0.3) is 0 Å². The second-order valence-corrected chi connectivity index (χ2v) is 7.08. The van der Waals surface area contributed by atoms with Crippen LogP contribution in [-0.4, -0.2) is 61.4 Å². The van der Waals surface area contributed by atoms with Gasteiger partial charge in [0.05, 0.1) is 19.8 Å². The summed E-state index contributed by atoms with van der Waals surface area (Å²) in [5, 5.41) is 3.64. The largest absolute Gasteiger partial charge is 0.468 e. The Kier molecular flexibility index (Phi) is 4.26. The summed E-state index contributed by atoms with van der Waals surface area (Å²) in [5.41, 5.74) is -0.513. The van der Waals surface area contributed by atoms with Crippen molar-refractivity contribution < 1.29 is 14.3 Å². The van der Waals surface area contributed by atoms with E-state index in [-0.39, 0.29) is 12.1 Å². The highest BCUT2D eigenvalue weighted by Crippen LogP contribution is 2.43. The summed E-state index contributed by atoms with van der Waals surface area (Å²) < 4.78 is 10.9. The minimum absolute atomic E-state index is 0.0803. The fourth-order valence-electron chi connectivity index (χ4n) is 3.45. The van der Waals surface area contributed by atoms with Gasteiger partial charge in [-0.25, -0.2) is 4.79 Å². The standard InChI is InChI=1S/C16H28N2O3/c1-11-9-21-12(2)8-18(11)10-16(13-4-5-13,15(19)20-3)17-14-6-7-14/h11-14,17H,4-10H2,1-3H3. The molecule has 0 aromatic carbocycles. The fraction of sp³-hybridized carbons (Fsp3) is 0.938. The molecule has 0 radical (unpaired) electrons. The molecule has 3 aliphatic rings. The van der Waals surface area contributed by atoms with Crippen LogP contribution in [-0.2, 0) is 14.3 Å². The smallest absolute Gasteiger partial charge is 0.327 e. The molecule has 0 bridgehead atoms. The summed E-state index contributed by atoms with van der Waals surface area (Å²) >= 11 is 0. The molecule has 3 rings (SSSR count). The van der Waals surface area contributed by atoms with Gasteiger partial charge in [0, 0.05) is 25.2 Å². The SMILES string of the molecule is COC(=O)C(CN1CC(C)OCC1C)(NC1CC1)C1CC1. The number of methoxy groups -OCH3 is 1. The number of nitrogens with zero attached hydrogens (tertiary/aromatic N) is 1. The first-order valence-corrected chi connectivity index (χ1v) is 8.27. The molecule has 0 spiro atoms. The van der Waals surface area contributed by atoms with Crippen molar-refractivity contribution in [1.29, 1.82) is 0 Å². The van der Waals surface area contributed by atoms with Crippen molar-refractivity contribution in [2.75, 3.05) is 26.8 Å². The first-order chi connectivity index (χ1) is 10.0. The normalized spacial score (nSPS) is 33.5. The molecule has 5 nitrogen and oxygen atoms in total. The molecular formula is C16H28N2O3. The van der Waals surface area contributed by atoms with Gasteiger partial charge in [-0.2, -0.15) is 0 Å². The molecule has 0 aromatic rings. The maximum absolute atomic E-state index is 12.6. The Hall–Kier alpha value is -0.650. The van der Waals surface area contributed by atoms with Crippen molar-refractivity contribution in [3.05, 3.63) is 0 Å². The second-order valence-electron chi connectivity index (χ2n) is 7.08. The third-order valence-electron chi connectivity index (χ3n) is 5.05. The molecule has 3 atom stereocenters. The molecule has 3 fully saturated rings. The Morgan fingerprint density at radius 3 is 2.62 bits per heavy atom. The number of carbonyl (C=O) groups is 1. The first kappa shape index (κ1) is 15.3. The lowest BCUT2D eigenvalue weighted by molar-refractivity contribution is -0.153. The van der Waals surface area contributed by atoms with Crippen molar-refractivity contribution in [2.45, 2.75) is 63.3 Å². The van der Waals surface area contributed by atoms with Gasteiger partial charge in [-0.3, -0.25) is 10.2 Å². The average Bonchev–Trinajstić information content (AvgIpc) is 3.33. The summed E-state index contributed by atoms with van der Waals surface area (Å²) in [6.07, 6.45) is 4.85. The van der Waals surface area contributed by atoms with Crippen molar-refractivity contribution in [3.63, 3.8) is 0 Å². The van der Waals surface area contributed by atoms with E-state index in [0.29, 0.717) is 18.0 Å².